The highest BCUT2D eigenvalue weighted by Gasteiger charge is 2.25. The highest BCUT2D eigenvalue weighted by molar-refractivity contribution is 6.31. The number of nitrogens with one attached hydrogen (secondary N) is 2. The molecule has 0 saturated carbocycles. The Labute approximate surface area is 132 Å². The zero-order valence-corrected chi connectivity index (χ0v) is 12.4. The second kappa shape index (κ2) is 6.07. The average Bonchev–Trinajstić information content (AvgIpc) is 2.51. The van der Waals surface area contributed by atoms with E-state index in [1.165, 1.54) is 4.90 Å². The maximum absolute atomic E-state index is 12.2. The van der Waals surface area contributed by atoms with Gasteiger partial charge in [0.1, 0.15) is 6.54 Å². The third kappa shape index (κ3) is 3.04. The molecule has 1 aliphatic heterocycles. The molecule has 1 heterocycles. The molecule has 0 unspecified atom stereocenters. The fourth-order valence-corrected chi connectivity index (χ4v) is 2.50. The van der Waals surface area contributed by atoms with Gasteiger partial charge < -0.3 is 10.6 Å². The molecule has 6 heteroatoms. The fourth-order valence-electron chi connectivity index (χ4n) is 2.32. The summed E-state index contributed by atoms with van der Waals surface area (Å²) in [6.45, 7) is 0.107. The van der Waals surface area contributed by atoms with E-state index in [4.69, 9.17) is 11.6 Å². The third-order valence-corrected chi connectivity index (χ3v) is 3.57. The minimum absolute atomic E-state index is 0.0377. The van der Waals surface area contributed by atoms with Gasteiger partial charge in [-0.3, -0.25) is 14.5 Å². The van der Waals surface area contributed by atoms with Crippen molar-refractivity contribution >= 4 is 40.5 Å². The molecule has 0 atom stereocenters. The number of amides is 2. The summed E-state index contributed by atoms with van der Waals surface area (Å²) >= 11 is 5.95. The lowest BCUT2D eigenvalue weighted by Gasteiger charge is -2.29. The van der Waals surface area contributed by atoms with Crippen molar-refractivity contribution in [1.29, 1.82) is 0 Å². The summed E-state index contributed by atoms with van der Waals surface area (Å²) in [6.07, 6.45) is 0. The predicted molar refractivity (Wildman–Crippen MR) is 87.4 cm³/mol. The molecule has 0 aromatic heterocycles. The van der Waals surface area contributed by atoms with Gasteiger partial charge in [0.2, 0.25) is 11.8 Å². The molecule has 0 radical (unpaired) electrons. The normalized spacial score (nSPS) is 13.3. The molecule has 0 bridgehead atoms. The summed E-state index contributed by atoms with van der Waals surface area (Å²) in [7, 11) is 0. The SMILES string of the molecule is O=C(CN1C(=O)CNc2cc(Cl)ccc21)Nc1ccccc1. The van der Waals surface area contributed by atoms with Crippen LogP contribution in [0.2, 0.25) is 5.02 Å². The molecule has 22 heavy (non-hydrogen) atoms. The van der Waals surface area contributed by atoms with E-state index in [0.717, 1.165) is 5.69 Å². The zero-order valence-electron chi connectivity index (χ0n) is 11.7. The van der Waals surface area contributed by atoms with Crippen LogP contribution >= 0.6 is 11.6 Å². The van der Waals surface area contributed by atoms with E-state index in [-0.39, 0.29) is 24.9 Å². The van der Waals surface area contributed by atoms with E-state index < -0.39 is 0 Å². The van der Waals surface area contributed by atoms with Crippen molar-refractivity contribution in [3.63, 3.8) is 0 Å². The van der Waals surface area contributed by atoms with Crippen LogP contribution in [0.4, 0.5) is 17.1 Å². The van der Waals surface area contributed by atoms with Crippen LogP contribution in [0, 0.1) is 0 Å². The number of hydrogen-bond donors (Lipinski definition) is 2. The fraction of sp³-hybridized carbons (Fsp3) is 0.125. The maximum Gasteiger partial charge on any atom is 0.246 e. The van der Waals surface area contributed by atoms with Crippen LogP contribution in [0.5, 0.6) is 0 Å². The quantitative estimate of drug-likeness (QED) is 0.915. The van der Waals surface area contributed by atoms with E-state index in [1.807, 2.05) is 18.2 Å². The first-order valence-electron chi connectivity index (χ1n) is 6.82. The summed E-state index contributed by atoms with van der Waals surface area (Å²) in [6, 6.07) is 14.3. The summed E-state index contributed by atoms with van der Waals surface area (Å²) in [5, 5.41) is 6.35. The van der Waals surface area contributed by atoms with E-state index in [0.29, 0.717) is 16.4 Å². The number of halogens is 1. The van der Waals surface area contributed by atoms with Gasteiger partial charge in [0.15, 0.2) is 0 Å². The lowest BCUT2D eigenvalue weighted by atomic mass is 10.2. The van der Waals surface area contributed by atoms with Crippen molar-refractivity contribution in [3.8, 4) is 0 Å². The van der Waals surface area contributed by atoms with Crippen LogP contribution in [-0.2, 0) is 9.59 Å². The van der Waals surface area contributed by atoms with Gasteiger partial charge in [-0.25, -0.2) is 0 Å². The van der Waals surface area contributed by atoms with Gasteiger partial charge >= 0.3 is 0 Å². The molecule has 2 aromatic carbocycles. The third-order valence-electron chi connectivity index (χ3n) is 3.34. The molecule has 0 fully saturated rings. The van der Waals surface area contributed by atoms with Crippen molar-refractivity contribution in [2.75, 3.05) is 28.6 Å². The lowest BCUT2D eigenvalue weighted by Crippen LogP contribution is -2.44. The van der Waals surface area contributed by atoms with Gasteiger partial charge in [0.05, 0.1) is 17.9 Å². The van der Waals surface area contributed by atoms with Crippen LogP contribution in [0.15, 0.2) is 48.5 Å². The molecule has 0 saturated heterocycles. The first-order valence-corrected chi connectivity index (χ1v) is 7.20. The van der Waals surface area contributed by atoms with Gasteiger partial charge in [-0.2, -0.15) is 0 Å². The van der Waals surface area contributed by atoms with Crippen LogP contribution in [0.3, 0.4) is 0 Å². The van der Waals surface area contributed by atoms with Gasteiger partial charge in [-0.15, -0.1) is 0 Å². The number of carbonyl (C=O) groups is 2. The Morgan fingerprint density at radius 3 is 2.77 bits per heavy atom. The first kappa shape index (κ1) is 14.4. The van der Waals surface area contributed by atoms with Gasteiger partial charge in [-0.05, 0) is 30.3 Å². The van der Waals surface area contributed by atoms with Crippen molar-refractivity contribution in [1.82, 2.24) is 0 Å². The number of rotatable bonds is 3. The Hall–Kier alpha value is -2.53. The first-order chi connectivity index (χ1) is 10.6. The Kier molecular flexibility index (Phi) is 3.98. The van der Waals surface area contributed by atoms with Gasteiger partial charge in [0, 0.05) is 10.7 Å². The lowest BCUT2D eigenvalue weighted by molar-refractivity contribution is -0.120. The summed E-state index contributed by atoms with van der Waals surface area (Å²) in [5.74, 6) is -0.402. The Morgan fingerprint density at radius 2 is 2.00 bits per heavy atom. The minimum atomic E-state index is -0.248. The molecular weight excluding hydrogens is 302 g/mol. The standard InChI is InChI=1S/C16H14ClN3O2/c17-11-6-7-14-13(8-11)18-9-16(22)20(14)10-15(21)19-12-4-2-1-3-5-12/h1-8,18H,9-10H2,(H,19,21). The molecule has 3 rings (SSSR count). The van der Waals surface area contributed by atoms with Gasteiger partial charge in [0.25, 0.3) is 0 Å². The number of carbonyl (C=O) groups excluding carboxylic acids is 2. The molecule has 5 nitrogen and oxygen atoms in total. The Bertz CT molecular complexity index is 719. The maximum atomic E-state index is 12.2. The van der Waals surface area contributed by atoms with Crippen LogP contribution in [-0.4, -0.2) is 24.9 Å². The molecule has 1 aliphatic rings. The second-order valence-corrected chi connectivity index (χ2v) is 5.35. The monoisotopic (exact) mass is 315 g/mol. The predicted octanol–water partition coefficient (Wildman–Crippen LogP) is 2.74. The smallest absolute Gasteiger partial charge is 0.246 e. The van der Waals surface area contributed by atoms with E-state index in [2.05, 4.69) is 10.6 Å². The molecule has 0 spiro atoms. The molecular formula is C16H14ClN3O2. The van der Waals surface area contributed by atoms with Crippen LogP contribution in [0.25, 0.3) is 0 Å². The number of para-hydroxylation sites is 1. The second-order valence-electron chi connectivity index (χ2n) is 4.91. The largest absolute Gasteiger partial charge is 0.374 e. The molecule has 112 valence electrons. The number of benzene rings is 2. The van der Waals surface area contributed by atoms with E-state index in [1.54, 1.807) is 30.3 Å². The molecule has 2 aromatic rings. The summed E-state index contributed by atoms with van der Waals surface area (Å²) < 4.78 is 0. The highest BCUT2D eigenvalue weighted by Crippen LogP contribution is 2.31. The van der Waals surface area contributed by atoms with Gasteiger partial charge in [-0.1, -0.05) is 29.8 Å². The summed E-state index contributed by atoms with van der Waals surface area (Å²) in [4.78, 5) is 25.7. The topological polar surface area (TPSA) is 61.4 Å². The van der Waals surface area contributed by atoms with E-state index in [9.17, 15) is 9.59 Å². The molecule has 2 amide bonds. The highest BCUT2D eigenvalue weighted by atomic mass is 35.5. The van der Waals surface area contributed by atoms with Crippen molar-refractivity contribution in [2.24, 2.45) is 0 Å². The van der Waals surface area contributed by atoms with Crippen molar-refractivity contribution in [3.05, 3.63) is 53.6 Å². The van der Waals surface area contributed by atoms with Crippen LogP contribution < -0.4 is 15.5 Å². The number of hydrogen-bond acceptors (Lipinski definition) is 3. The number of fused-ring (bicyclic) bond motifs is 1. The molecule has 2 N–H and O–H groups in total. The Balaban J connectivity index is 1.77. The van der Waals surface area contributed by atoms with Crippen molar-refractivity contribution in [2.45, 2.75) is 0 Å². The Morgan fingerprint density at radius 1 is 1.23 bits per heavy atom. The van der Waals surface area contributed by atoms with Crippen LogP contribution in [0.1, 0.15) is 0 Å². The average molecular weight is 316 g/mol. The van der Waals surface area contributed by atoms with E-state index >= 15 is 0 Å². The summed E-state index contributed by atoms with van der Waals surface area (Å²) in [5.41, 5.74) is 2.11. The number of nitrogens with zero attached hydrogens (tertiary/aromatic N) is 1. The molecule has 0 aliphatic carbocycles. The zero-order chi connectivity index (χ0) is 15.5. The minimum Gasteiger partial charge on any atom is -0.374 e. The number of anilines is 3. The van der Waals surface area contributed by atoms with Crippen molar-refractivity contribution < 1.29 is 9.59 Å².